The third kappa shape index (κ3) is 5.21. The van der Waals surface area contributed by atoms with Gasteiger partial charge in [0.15, 0.2) is 6.61 Å². The molecule has 1 N–H and O–H groups in total. The minimum atomic E-state index is -1.07. The molecular formula is C15H9BrClN3O7. The molecule has 10 nitrogen and oxygen atoms in total. The van der Waals surface area contributed by atoms with Crippen LogP contribution in [0.4, 0.5) is 17.1 Å². The molecule has 1 amide bonds. The number of rotatable bonds is 6. The lowest BCUT2D eigenvalue weighted by atomic mass is 10.2. The van der Waals surface area contributed by atoms with Crippen LogP contribution in [0.15, 0.2) is 40.9 Å². The number of esters is 1. The van der Waals surface area contributed by atoms with E-state index < -0.39 is 34.0 Å². The average molecular weight is 459 g/mol. The highest BCUT2D eigenvalue weighted by molar-refractivity contribution is 9.10. The fourth-order valence-corrected chi connectivity index (χ4v) is 2.57. The molecule has 0 aliphatic carbocycles. The molecule has 140 valence electrons. The van der Waals surface area contributed by atoms with Gasteiger partial charge in [-0.2, -0.15) is 0 Å². The summed E-state index contributed by atoms with van der Waals surface area (Å²) in [5.74, 6) is -1.81. The van der Waals surface area contributed by atoms with Crippen LogP contribution in [0, 0.1) is 20.2 Å². The molecule has 0 fully saturated rings. The lowest BCUT2D eigenvalue weighted by molar-refractivity contribution is -0.385. The monoisotopic (exact) mass is 457 g/mol. The van der Waals surface area contributed by atoms with E-state index in [2.05, 4.69) is 21.2 Å². The third-order valence-corrected chi connectivity index (χ3v) is 4.04. The zero-order chi connectivity index (χ0) is 20.1. The second kappa shape index (κ2) is 8.56. The van der Waals surface area contributed by atoms with Crippen molar-refractivity contribution >= 4 is 56.5 Å². The van der Waals surface area contributed by atoms with Crippen LogP contribution in [-0.4, -0.2) is 28.3 Å². The van der Waals surface area contributed by atoms with Gasteiger partial charge in [0.25, 0.3) is 17.3 Å². The van der Waals surface area contributed by atoms with Crippen molar-refractivity contribution in [3.63, 3.8) is 0 Å². The molecule has 12 heteroatoms. The van der Waals surface area contributed by atoms with E-state index in [0.717, 1.165) is 12.1 Å². The molecule has 0 atom stereocenters. The molecule has 0 saturated carbocycles. The van der Waals surface area contributed by atoms with E-state index >= 15 is 0 Å². The number of anilines is 1. The molecule has 0 saturated heterocycles. The van der Waals surface area contributed by atoms with E-state index in [1.165, 1.54) is 24.3 Å². The van der Waals surface area contributed by atoms with E-state index in [1.807, 2.05) is 0 Å². The standard InChI is InChI=1S/C15H9BrClN3O7/c16-11-6-9(19(23)24)2-4-12(11)18-14(21)7-27-15(22)10-3-1-8(17)5-13(10)20(25)26/h1-6H,7H2,(H,18,21). The van der Waals surface area contributed by atoms with Gasteiger partial charge < -0.3 is 10.1 Å². The van der Waals surface area contributed by atoms with Gasteiger partial charge in [-0.05, 0) is 34.1 Å². The van der Waals surface area contributed by atoms with Crippen LogP contribution in [0.5, 0.6) is 0 Å². The molecule has 0 heterocycles. The Hall–Kier alpha value is -3.05. The van der Waals surface area contributed by atoms with Crippen molar-refractivity contribution in [1.29, 1.82) is 0 Å². The number of halogens is 2. The molecular weight excluding hydrogens is 450 g/mol. The first kappa shape index (κ1) is 20.3. The minimum absolute atomic E-state index is 0.0685. The van der Waals surface area contributed by atoms with E-state index in [9.17, 15) is 29.8 Å². The van der Waals surface area contributed by atoms with Gasteiger partial charge in [-0.25, -0.2) is 4.79 Å². The maximum Gasteiger partial charge on any atom is 0.345 e. The summed E-state index contributed by atoms with van der Waals surface area (Å²) in [6.45, 7) is -0.720. The van der Waals surface area contributed by atoms with Crippen LogP contribution >= 0.6 is 27.5 Å². The maximum absolute atomic E-state index is 12.0. The van der Waals surface area contributed by atoms with E-state index in [0.29, 0.717) is 0 Å². The predicted octanol–water partition coefficient (Wildman–Crippen LogP) is 3.71. The van der Waals surface area contributed by atoms with Gasteiger partial charge in [0, 0.05) is 27.7 Å². The summed E-state index contributed by atoms with van der Waals surface area (Å²) in [4.78, 5) is 44.1. The molecule has 2 rings (SSSR count). The molecule has 2 aromatic carbocycles. The Balaban J connectivity index is 2.03. The van der Waals surface area contributed by atoms with Gasteiger partial charge in [-0.1, -0.05) is 11.6 Å². The zero-order valence-corrected chi connectivity index (χ0v) is 15.5. The molecule has 0 bridgehead atoms. The Kier molecular flexibility index (Phi) is 6.42. The average Bonchev–Trinajstić information content (AvgIpc) is 2.61. The fraction of sp³-hybridized carbons (Fsp3) is 0.0667. The summed E-state index contributed by atoms with van der Waals surface area (Å²) in [7, 11) is 0. The summed E-state index contributed by atoms with van der Waals surface area (Å²) in [5.41, 5.74) is -0.861. The molecule has 2 aromatic rings. The van der Waals surface area contributed by atoms with Crippen molar-refractivity contribution in [3.8, 4) is 0 Å². The number of nitrogens with one attached hydrogen (secondary N) is 1. The Morgan fingerprint density at radius 2 is 1.81 bits per heavy atom. The molecule has 0 radical (unpaired) electrons. The topological polar surface area (TPSA) is 142 Å². The first-order valence-corrected chi connectivity index (χ1v) is 8.21. The number of nitro groups is 2. The highest BCUT2D eigenvalue weighted by Crippen LogP contribution is 2.27. The van der Waals surface area contributed by atoms with Crippen molar-refractivity contribution < 1.29 is 24.2 Å². The number of amides is 1. The van der Waals surface area contributed by atoms with Crippen LogP contribution in [-0.2, 0) is 9.53 Å². The van der Waals surface area contributed by atoms with Crippen LogP contribution < -0.4 is 5.32 Å². The van der Waals surface area contributed by atoms with Crippen LogP contribution in [0.1, 0.15) is 10.4 Å². The number of ether oxygens (including phenoxy) is 1. The first-order valence-electron chi connectivity index (χ1n) is 7.04. The van der Waals surface area contributed by atoms with Gasteiger partial charge in [0.1, 0.15) is 5.56 Å². The van der Waals surface area contributed by atoms with Crippen LogP contribution in [0.3, 0.4) is 0 Å². The summed E-state index contributed by atoms with van der Waals surface area (Å²) in [6, 6.07) is 7.06. The molecule has 0 unspecified atom stereocenters. The number of carbonyl (C=O) groups is 2. The minimum Gasteiger partial charge on any atom is -0.452 e. The number of benzene rings is 2. The molecule has 0 spiro atoms. The van der Waals surface area contributed by atoms with E-state index in [-0.39, 0.29) is 26.4 Å². The van der Waals surface area contributed by atoms with Gasteiger partial charge >= 0.3 is 5.97 Å². The van der Waals surface area contributed by atoms with Crippen LogP contribution in [0.2, 0.25) is 5.02 Å². The highest BCUT2D eigenvalue weighted by atomic mass is 79.9. The number of hydrogen-bond donors (Lipinski definition) is 1. The van der Waals surface area contributed by atoms with Gasteiger partial charge in [-0.3, -0.25) is 25.0 Å². The quantitative estimate of drug-likeness (QED) is 0.395. The van der Waals surface area contributed by atoms with Crippen molar-refractivity contribution in [2.75, 3.05) is 11.9 Å². The fourth-order valence-electron chi connectivity index (χ4n) is 1.94. The smallest absolute Gasteiger partial charge is 0.345 e. The number of hydrogen-bond acceptors (Lipinski definition) is 7. The normalized spacial score (nSPS) is 10.1. The summed E-state index contributed by atoms with van der Waals surface area (Å²) < 4.78 is 5.03. The number of nitrogens with zero attached hydrogens (tertiary/aromatic N) is 2. The molecule has 27 heavy (non-hydrogen) atoms. The van der Waals surface area contributed by atoms with E-state index in [4.69, 9.17) is 16.3 Å². The second-order valence-electron chi connectivity index (χ2n) is 4.96. The zero-order valence-electron chi connectivity index (χ0n) is 13.2. The second-order valence-corrected chi connectivity index (χ2v) is 6.25. The largest absolute Gasteiger partial charge is 0.452 e. The van der Waals surface area contributed by atoms with Crippen molar-refractivity contribution in [2.45, 2.75) is 0 Å². The van der Waals surface area contributed by atoms with Crippen LogP contribution in [0.25, 0.3) is 0 Å². The number of non-ortho nitro benzene ring substituents is 1. The summed E-state index contributed by atoms with van der Waals surface area (Å²) in [5, 5.41) is 24.1. The lowest BCUT2D eigenvalue weighted by Crippen LogP contribution is -2.21. The first-order chi connectivity index (χ1) is 12.7. The Morgan fingerprint density at radius 3 is 2.41 bits per heavy atom. The van der Waals surface area contributed by atoms with Crippen molar-refractivity contribution in [2.24, 2.45) is 0 Å². The number of nitro benzene ring substituents is 2. The molecule has 0 aliphatic heterocycles. The molecule has 0 aliphatic rings. The summed E-state index contributed by atoms with van der Waals surface area (Å²) >= 11 is 8.74. The van der Waals surface area contributed by atoms with E-state index in [1.54, 1.807) is 0 Å². The third-order valence-electron chi connectivity index (χ3n) is 3.15. The van der Waals surface area contributed by atoms with Gasteiger partial charge in [0.05, 0.1) is 15.5 Å². The summed E-state index contributed by atoms with van der Waals surface area (Å²) in [6.07, 6.45) is 0. The van der Waals surface area contributed by atoms with Gasteiger partial charge in [0.2, 0.25) is 0 Å². The lowest BCUT2D eigenvalue weighted by Gasteiger charge is -2.08. The Labute approximate surface area is 164 Å². The van der Waals surface area contributed by atoms with Gasteiger partial charge in [-0.15, -0.1) is 0 Å². The van der Waals surface area contributed by atoms with Crippen molar-refractivity contribution in [1.82, 2.24) is 0 Å². The SMILES string of the molecule is O=C(COC(=O)c1ccc(Cl)cc1[N+](=O)[O-])Nc1ccc([N+](=O)[O-])cc1Br. The predicted molar refractivity (Wildman–Crippen MR) is 97.8 cm³/mol. The highest BCUT2D eigenvalue weighted by Gasteiger charge is 2.22. The Bertz CT molecular complexity index is 951. The molecule has 0 aromatic heterocycles. The maximum atomic E-state index is 12.0. The number of carbonyl (C=O) groups excluding carboxylic acids is 2. The Morgan fingerprint density at radius 1 is 1.11 bits per heavy atom. The van der Waals surface area contributed by atoms with Crippen molar-refractivity contribution in [3.05, 3.63) is 71.7 Å².